The van der Waals surface area contributed by atoms with E-state index in [1.807, 2.05) is 0 Å². The van der Waals surface area contributed by atoms with Gasteiger partial charge in [-0.25, -0.2) is 0 Å². The van der Waals surface area contributed by atoms with Crippen molar-refractivity contribution in [2.75, 3.05) is 12.4 Å². The zero-order valence-corrected chi connectivity index (χ0v) is 8.14. The molecule has 0 radical (unpaired) electrons. The monoisotopic (exact) mass is 222 g/mol. The smallest absolute Gasteiger partial charge is 0.297 e. The number of rotatable bonds is 2. The molecule has 2 rings (SSSR count). The number of nitro benzene ring substituents is 1. The lowest BCUT2D eigenvalue weighted by molar-refractivity contribution is -0.385. The number of hydrogen-bond donors (Lipinski definition) is 1. The van der Waals surface area contributed by atoms with Gasteiger partial charge in [-0.1, -0.05) is 0 Å². The molecule has 0 fully saturated rings. The summed E-state index contributed by atoms with van der Waals surface area (Å²) in [6.07, 6.45) is 0. The van der Waals surface area contributed by atoms with Crippen LogP contribution in [0.3, 0.4) is 0 Å². The van der Waals surface area contributed by atoms with Crippen LogP contribution in [0.5, 0.6) is 5.75 Å². The van der Waals surface area contributed by atoms with Gasteiger partial charge in [-0.2, -0.15) is 0 Å². The Morgan fingerprint density at radius 2 is 2.06 bits per heavy atom. The van der Waals surface area contributed by atoms with Gasteiger partial charge in [0.2, 0.25) is 0 Å². The highest BCUT2D eigenvalue weighted by Gasteiger charge is 2.37. The van der Waals surface area contributed by atoms with Crippen LogP contribution in [0.1, 0.15) is 10.4 Å². The molecule has 7 nitrogen and oxygen atoms in total. The third-order valence-electron chi connectivity index (χ3n) is 2.23. The van der Waals surface area contributed by atoms with E-state index in [4.69, 9.17) is 4.74 Å². The third kappa shape index (κ3) is 1.22. The van der Waals surface area contributed by atoms with E-state index in [1.165, 1.54) is 13.2 Å². The molecule has 16 heavy (non-hydrogen) atoms. The Labute approximate surface area is 89.2 Å². The van der Waals surface area contributed by atoms with Crippen LogP contribution in [0.25, 0.3) is 0 Å². The summed E-state index contributed by atoms with van der Waals surface area (Å²) in [4.78, 5) is 32.5. The second-order valence-corrected chi connectivity index (χ2v) is 3.08. The van der Waals surface area contributed by atoms with E-state index in [0.29, 0.717) is 0 Å². The lowest BCUT2D eigenvalue weighted by Gasteiger charge is -2.05. The number of anilines is 1. The highest BCUT2D eigenvalue weighted by atomic mass is 16.6. The number of nitrogens with zero attached hydrogens (tertiary/aromatic N) is 1. The fraction of sp³-hybridized carbons (Fsp3) is 0.111. The minimum Gasteiger partial charge on any atom is -0.495 e. The van der Waals surface area contributed by atoms with E-state index in [1.54, 1.807) is 0 Å². The van der Waals surface area contributed by atoms with Crippen LogP contribution in [0, 0.1) is 10.1 Å². The van der Waals surface area contributed by atoms with Crippen molar-refractivity contribution in [1.82, 2.24) is 0 Å². The first-order valence-electron chi connectivity index (χ1n) is 4.27. The summed E-state index contributed by atoms with van der Waals surface area (Å²) >= 11 is 0. The minimum absolute atomic E-state index is 0.0618. The van der Waals surface area contributed by atoms with Gasteiger partial charge in [-0.05, 0) is 6.07 Å². The molecule has 1 amide bonds. The molecule has 0 saturated carbocycles. The molecule has 0 spiro atoms. The number of Topliss-reactive ketones (excluding diaryl/α,β-unsaturated/α-hetero) is 1. The van der Waals surface area contributed by atoms with E-state index in [9.17, 15) is 19.7 Å². The van der Waals surface area contributed by atoms with Gasteiger partial charge in [0.25, 0.3) is 17.4 Å². The van der Waals surface area contributed by atoms with E-state index in [-0.39, 0.29) is 17.0 Å². The van der Waals surface area contributed by atoms with Crippen molar-refractivity contribution >= 4 is 23.1 Å². The van der Waals surface area contributed by atoms with Gasteiger partial charge in [0.15, 0.2) is 0 Å². The standard InChI is InChI=1S/C9H6N2O5/c1-16-5-3-2-4(11(14)15)6-7(5)10-9(13)8(6)12/h2-3H,1H3,(H,10,12,13). The summed E-state index contributed by atoms with van der Waals surface area (Å²) in [6.45, 7) is 0. The molecular formula is C9H6N2O5. The maximum Gasteiger partial charge on any atom is 0.297 e. The predicted octanol–water partition coefficient (Wildman–Crippen LogP) is 0.738. The largest absolute Gasteiger partial charge is 0.495 e. The fourth-order valence-corrected chi connectivity index (χ4v) is 1.53. The number of nitrogens with one attached hydrogen (secondary N) is 1. The van der Waals surface area contributed by atoms with E-state index >= 15 is 0 Å². The number of benzene rings is 1. The number of carbonyl (C=O) groups excluding carboxylic acids is 2. The zero-order valence-electron chi connectivity index (χ0n) is 8.14. The lowest BCUT2D eigenvalue weighted by atomic mass is 10.1. The second kappa shape index (κ2) is 3.30. The molecule has 82 valence electrons. The normalized spacial score (nSPS) is 13.3. The van der Waals surface area contributed by atoms with Crippen molar-refractivity contribution in [1.29, 1.82) is 0 Å². The molecule has 1 aliphatic heterocycles. The topological polar surface area (TPSA) is 98.5 Å². The van der Waals surface area contributed by atoms with Crippen molar-refractivity contribution < 1.29 is 19.2 Å². The van der Waals surface area contributed by atoms with Gasteiger partial charge in [-0.3, -0.25) is 19.7 Å². The highest BCUT2D eigenvalue weighted by Crippen LogP contribution is 2.38. The first kappa shape index (κ1) is 10.1. The summed E-state index contributed by atoms with van der Waals surface area (Å²) in [5, 5.41) is 12.9. The Kier molecular flexibility index (Phi) is 2.08. The molecule has 0 aromatic heterocycles. The van der Waals surface area contributed by atoms with Crippen molar-refractivity contribution in [3.63, 3.8) is 0 Å². The minimum atomic E-state index is -0.916. The van der Waals surface area contributed by atoms with Crippen LogP contribution in [0.15, 0.2) is 12.1 Å². The Morgan fingerprint density at radius 1 is 1.38 bits per heavy atom. The van der Waals surface area contributed by atoms with E-state index in [0.717, 1.165) is 6.07 Å². The van der Waals surface area contributed by atoms with Crippen molar-refractivity contribution in [2.45, 2.75) is 0 Å². The molecule has 0 bridgehead atoms. The maximum atomic E-state index is 11.4. The van der Waals surface area contributed by atoms with Crippen LogP contribution >= 0.6 is 0 Å². The predicted molar refractivity (Wildman–Crippen MR) is 52.6 cm³/mol. The molecule has 1 aliphatic rings. The maximum absolute atomic E-state index is 11.4. The second-order valence-electron chi connectivity index (χ2n) is 3.08. The van der Waals surface area contributed by atoms with Crippen LogP contribution < -0.4 is 10.1 Å². The molecular weight excluding hydrogens is 216 g/mol. The molecule has 1 N–H and O–H groups in total. The first-order valence-corrected chi connectivity index (χ1v) is 4.27. The fourth-order valence-electron chi connectivity index (χ4n) is 1.53. The number of nitro groups is 1. The third-order valence-corrected chi connectivity index (χ3v) is 2.23. The van der Waals surface area contributed by atoms with Crippen LogP contribution in [0.2, 0.25) is 0 Å². The van der Waals surface area contributed by atoms with Gasteiger partial charge in [-0.15, -0.1) is 0 Å². The van der Waals surface area contributed by atoms with Gasteiger partial charge >= 0.3 is 0 Å². The first-order chi connectivity index (χ1) is 7.56. The number of ketones is 1. The molecule has 1 aromatic rings. The highest BCUT2D eigenvalue weighted by molar-refractivity contribution is 6.52. The SMILES string of the molecule is COc1ccc([N+](=O)[O-])c2c1NC(=O)C2=O. The molecule has 1 heterocycles. The summed E-state index contributed by atoms with van der Waals surface area (Å²) in [6, 6.07) is 2.46. The van der Waals surface area contributed by atoms with Crippen molar-refractivity contribution in [2.24, 2.45) is 0 Å². The van der Waals surface area contributed by atoms with E-state index in [2.05, 4.69) is 5.32 Å². The number of hydrogen-bond acceptors (Lipinski definition) is 5. The summed E-state index contributed by atoms with van der Waals surface area (Å²) in [7, 11) is 1.34. The summed E-state index contributed by atoms with van der Waals surface area (Å²) in [5.74, 6) is -1.58. The molecule has 0 atom stereocenters. The van der Waals surface area contributed by atoms with Crippen molar-refractivity contribution in [3.05, 3.63) is 27.8 Å². The van der Waals surface area contributed by atoms with Gasteiger partial charge in [0.1, 0.15) is 17.0 Å². The Balaban J connectivity index is 2.74. The van der Waals surface area contributed by atoms with Crippen LogP contribution in [-0.2, 0) is 4.79 Å². The Bertz CT molecular complexity index is 523. The number of ether oxygens (including phenoxy) is 1. The van der Waals surface area contributed by atoms with Crippen molar-refractivity contribution in [3.8, 4) is 5.75 Å². The lowest BCUT2D eigenvalue weighted by Crippen LogP contribution is -2.13. The zero-order chi connectivity index (χ0) is 11.9. The van der Waals surface area contributed by atoms with E-state index < -0.39 is 22.3 Å². The summed E-state index contributed by atoms with van der Waals surface area (Å²) < 4.78 is 4.90. The Hall–Kier alpha value is -2.44. The Morgan fingerprint density at radius 3 is 2.62 bits per heavy atom. The average Bonchev–Trinajstić information content (AvgIpc) is 2.54. The molecule has 0 aliphatic carbocycles. The number of amides is 1. The molecule has 0 unspecified atom stereocenters. The summed E-state index contributed by atoms with van der Waals surface area (Å²) in [5.41, 5.74) is -0.583. The van der Waals surface area contributed by atoms with Gasteiger partial charge in [0, 0.05) is 6.07 Å². The number of fused-ring (bicyclic) bond motifs is 1. The van der Waals surface area contributed by atoms with Gasteiger partial charge < -0.3 is 10.1 Å². The quantitative estimate of drug-likeness (QED) is 0.452. The van der Waals surface area contributed by atoms with Crippen LogP contribution in [-0.4, -0.2) is 23.7 Å². The molecule has 0 saturated heterocycles. The molecule has 1 aromatic carbocycles. The average molecular weight is 222 g/mol. The number of carbonyl (C=O) groups is 2. The molecule has 7 heteroatoms. The van der Waals surface area contributed by atoms with Gasteiger partial charge in [0.05, 0.1) is 12.0 Å². The van der Waals surface area contributed by atoms with Crippen LogP contribution in [0.4, 0.5) is 11.4 Å². The number of methoxy groups -OCH3 is 1.